The van der Waals surface area contributed by atoms with Gasteiger partial charge in [0.2, 0.25) is 0 Å². The molecule has 0 saturated carbocycles. The van der Waals surface area contributed by atoms with E-state index in [1.54, 1.807) is 0 Å². The summed E-state index contributed by atoms with van der Waals surface area (Å²) in [5.74, 6) is 0. The molecule has 2 atom stereocenters. The lowest BCUT2D eigenvalue weighted by Crippen LogP contribution is -2.36. The van der Waals surface area contributed by atoms with Crippen molar-refractivity contribution in [2.75, 3.05) is 32.8 Å². The van der Waals surface area contributed by atoms with E-state index in [4.69, 9.17) is 4.74 Å². The van der Waals surface area contributed by atoms with Crippen molar-refractivity contribution in [1.29, 1.82) is 0 Å². The predicted molar refractivity (Wildman–Crippen MR) is 73.5 cm³/mol. The lowest BCUT2D eigenvalue weighted by molar-refractivity contribution is 0.0736. The summed E-state index contributed by atoms with van der Waals surface area (Å²) < 4.78 is 5.70. The highest BCUT2D eigenvalue weighted by molar-refractivity contribution is 4.71. The molecule has 1 aliphatic rings. The van der Waals surface area contributed by atoms with Crippen molar-refractivity contribution in [3.8, 4) is 0 Å². The Bertz CT molecular complexity index is 181. The fourth-order valence-corrected chi connectivity index (χ4v) is 2.32. The summed E-state index contributed by atoms with van der Waals surface area (Å²) in [4.78, 5) is 2.53. The van der Waals surface area contributed by atoms with Crippen LogP contribution in [0.15, 0.2) is 0 Å². The van der Waals surface area contributed by atoms with Crippen LogP contribution in [0, 0.1) is 0 Å². The minimum absolute atomic E-state index is 0.494. The first kappa shape index (κ1) is 14.9. The lowest BCUT2D eigenvalue weighted by atomic mass is 10.2. The Hall–Kier alpha value is -0.120. The number of rotatable bonds is 9. The fourth-order valence-electron chi connectivity index (χ4n) is 2.32. The van der Waals surface area contributed by atoms with E-state index < -0.39 is 0 Å². The maximum atomic E-state index is 5.70. The van der Waals surface area contributed by atoms with Crippen LogP contribution in [0.4, 0.5) is 0 Å². The number of hydrogen-bond acceptors (Lipinski definition) is 3. The molecule has 2 unspecified atom stereocenters. The van der Waals surface area contributed by atoms with E-state index in [1.165, 1.54) is 32.2 Å². The molecule has 0 radical (unpaired) electrons. The molecule has 1 rings (SSSR count). The number of likely N-dealkylation sites (N-methyl/N-ethyl adjacent to an activating group) is 1. The van der Waals surface area contributed by atoms with Gasteiger partial charge in [0.15, 0.2) is 0 Å². The van der Waals surface area contributed by atoms with Crippen LogP contribution in [0.25, 0.3) is 0 Å². The van der Waals surface area contributed by atoms with Gasteiger partial charge in [-0.15, -0.1) is 0 Å². The van der Waals surface area contributed by atoms with Crippen molar-refractivity contribution in [1.82, 2.24) is 10.2 Å². The van der Waals surface area contributed by atoms with Crippen LogP contribution in [0.2, 0.25) is 0 Å². The molecule has 0 aromatic heterocycles. The zero-order valence-corrected chi connectivity index (χ0v) is 11.9. The maximum Gasteiger partial charge on any atom is 0.0702 e. The van der Waals surface area contributed by atoms with Gasteiger partial charge in [-0.25, -0.2) is 0 Å². The average molecular weight is 242 g/mol. The van der Waals surface area contributed by atoms with Crippen LogP contribution >= 0.6 is 0 Å². The van der Waals surface area contributed by atoms with Crippen LogP contribution in [0.1, 0.15) is 46.5 Å². The molecule has 0 amide bonds. The van der Waals surface area contributed by atoms with Gasteiger partial charge in [-0.05, 0) is 52.2 Å². The monoisotopic (exact) mass is 242 g/mol. The minimum atomic E-state index is 0.494. The predicted octanol–water partition coefficient (Wildman–Crippen LogP) is 2.27. The van der Waals surface area contributed by atoms with Gasteiger partial charge in [-0.3, -0.25) is 0 Å². The molecule has 0 spiro atoms. The van der Waals surface area contributed by atoms with E-state index in [2.05, 4.69) is 31.0 Å². The molecule has 0 aromatic carbocycles. The Kier molecular flexibility index (Phi) is 7.82. The third kappa shape index (κ3) is 6.39. The summed E-state index contributed by atoms with van der Waals surface area (Å²) in [5.41, 5.74) is 0. The molecular weight excluding hydrogens is 212 g/mol. The van der Waals surface area contributed by atoms with Crippen molar-refractivity contribution in [2.24, 2.45) is 0 Å². The minimum Gasteiger partial charge on any atom is -0.377 e. The highest BCUT2D eigenvalue weighted by atomic mass is 16.5. The first-order valence-corrected chi connectivity index (χ1v) is 7.33. The molecule has 1 saturated heterocycles. The largest absolute Gasteiger partial charge is 0.377 e. The highest BCUT2D eigenvalue weighted by Gasteiger charge is 2.18. The molecule has 1 N–H and O–H groups in total. The molecule has 0 bridgehead atoms. The summed E-state index contributed by atoms with van der Waals surface area (Å²) in [6.45, 7) is 12.3. The number of hydrogen-bond donors (Lipinski definition) is 1. The molecule has 1 heterocycles. The molecule has 1 aliphatic heterocycles. The van der Waals surface area contributed by atoms with Gasteiger partial charge < -0.3 is 15.0 Å². The smallest absolute Gasteiger partial charge is 0.0702 e. The summed E-state index contributed by atoms with van der Waals surface area (Å²) in [7, 11) is 0. The van der Waals surface area contributed by atoms with Gasteiger partial charge in [-0.1, -0.05) is 13.8 Å². The Balaban J connectivity index is 2.12. The Morgan fingerprint density at radius 2 is 2.24 bits per heavy atom. The lowest BCUT2D eigenvalue weighted by Gasteiger charge is -2.25. The van der Waals surface area contributed by atoms with Crippen molar-refractivity contribution in [3.63, 3.8) is 0 Å². The third-order valence-electron chi connectivity index (χ3n) is 3.55. The van der Waals surface area contributed by atoms with Crippen molar-refractivity contribution < 1.29 is 4.74 Å². The topological polar surface area (TPSA) is 24.5 Å². The highest BCUT2D eigenvalue weighted by Crippen LogP contribution is 2.13. The Labute approximate surface area is 107 Å². The summed E-state index contributed by atoms with van der Waals surface area (Å²) in [6.07, 6.45) is 5.45. The van der Waals surface area contributed by atoms with E-state index in [1.807, 2.05) is 0 Å². The summed E-state index contributed by atoms with van der Waals surface area (Å²) in [6, 6.07) is 0.633. The average Bonchev–Trinajstić information content (AvgIpc) is 2.84. The van der Waals surface area contributed by atoms with Gasteiger partial charge in [0.05, 0.1) is 6.10 Å². The van der Waals surface area contributed by atoms with E-state index in [0.717, 1.165) is 26.2 Å². The van der Waals surface area contributed by atoms with Gasteiger partial charge in [0, 0.05) is 19.2 Å². The van der Waals surface area contributed by atoms with E-state index in [9.17, 15) is 0 Å². The molecule has 1 fully saturated rings. The zero-order chi connectivity index (χ0) is 12.5. The van der Waals surface area contributed by atoms with Gasteiger partial charge >= 0.3 is 0 Å². The first-order valence-electron chi connectivity index (χ1n) is 7.33. The second-order valence-electron chi connectivity index (χ2n) is 5.17. The third-order valence-corrected chi connectivity index (χ3v) is 3.55. The van der Waals surface area contributed by atoms with Crippen molar-refractivity contribution in [3.05, 3.63) is 0 Å². The SMILES string of the molecule is CCCNC(C)CCN(CC)CC1CCCO1. The number of nitrogens with one attached hydrogen (secondary N) is 1. The van der Waals surface area contributed by atoms with Crippen LogP contribution < -0.4 is 5.32 Å². The van der Waals surface area contributed by atoms with Gasteiger partial charge in [-0.2, -0.15) is 0 Å². The van der Waals surface area contributed by atoms with E-state index in [-0.39, 0.29) is 0 Å². The van der Waals surface area contributed by atoms with Crippen molar-refractivity contribution >= 4 is 0 Å². The van der Waals surface area contributed by atoms with E-state index in [0.29, 0.717) is 12.1 Å². The Morgan fingerprint density at radius 3 is 2.82 bits per heavy atom. The van der Waals surface area contributed by atoms with Crippen molar-refractivity contribution in [2.45, 2.75) is 58.6 Å². The van der Waals surface area contributed by atoms with E-state index >= 15 is 0 Å². The normalized spacial score (nSPS) is 22.2. The van der Waals surface area contributed by atoms with Gasteiger partial charge in [0.25, 0.3) is 0 Å². The molecule has 3 nitrogen and oxygen atoms in total. The molecule has 0 aromatic rings. The second kappa shape index (κ2) is 8.90. The maximum absolute atomic E-state index is 5.70. The standard InChI is InChI=1S/C14H30N2O/c1-4-9-15-13(3)8-10-16(5-2)12-14-7-6-11-17-14/h13-15H,4-12H2,1-3H3. The quantitative estimate of drug-likeness (QED) is 0.671. The second-order valence-corrected chi connectivity index (χ2v) is 5.17. The number of ether oxygens (including phenoxy) is 1. The number of nitrogens with zero attached hydrogens (tertiary/aromatic N) is 1. The molecule has 0 aliphatic carbocycles. The molecule has 3 heteroatoms. The summed E-state index contributed by atoms with van der Waals surface area (Å²) in [5, 5.41) is 3.55. The zero-order valence-electron chi connectivity index (χ0n) is 11.9. The fraction of sp³-hybridized carbons (Fsp3) is 1.00. The van der Waals surface area contributed by atoms with Gasteiger partial charge in [0.1, 0.15) is 0 Å². The van der Waals surface area contributed by atoms with Crippen LogP contribution in [-0.4, -0.2) is 49.8 Å². The first-order chi connectivity index (χ1) is 8.26. The van der Waals surface area contributed by atoms with Crippen LogP contribution in [0.5, 0.6) is 0 Å². The Morgan fingerprint density at radius 1 is 1.41 bits per heavy atom. The summed E-state index contributed by atoms with van der Waals surface area (Å²) >= 11 is 0. The molecule has 17 heavy (non-hydrogen) atoms. The molecular formula is C14H30N2O. The molecule has 102 valence electrons. The van der Waals surface area contributed by atoms with Crippen LogP contribution in [0.3, 0.4) is 0 Å². The van der Waals surface area contributed by atoms with Crippen LogP contribution in [-0.2, 0) is 4.74 Å².